The van der Waals surface area contributed by atoms with E-state index < -0.39 is 0 Å². The minimum absolute atomic E-state index is 0.328. The molecule has 4 nitrogen and oxygen atoms in total. The van der Waals surface area contributed by atoms with Crippen LogP contribution in [0.4, 0.5) is 15.8 Å². The van der Waals surface area contributed by atoms with Crippen molar-refractivity contribution in [3.63, 3.8) is 0 Å². The molecule has 1 fully saturated rings. The van der Waals surface area contributed by atoms with Gasteiger partial charge in [-0.1, -0.05) is 29.8 Å². The van der Waals surface area contributed by atoms with Gasteiger partial charge in [-0.3, -0.25) is 4.79 Å². The molecule has 0 atom stereocenters. The summed E-state index contributed by atoms with van der Waals surface area (Å²) in [4.78, 5) is 16.8. The Bertz CT molecular complexity index is 816. The molecular formula is C20H21ClFN3O. The van der Waals surface area contributed by atoms with Gasteiger partial charge in [-0.2, -0.15) is 0 Å². The average Bonchev–Trinajstić information content (AvgIpc) is 2.62. The van der Waals surface area contributed by atoms with Crippen molar-refractivity contribution >= 4 is 35.0 Å². The lowest BCUT2D eigenvalue weighted by Gasteiger charge is -2.35. The van der Waals surface area contributed by atoms with Gasteiger partial charge in [0, 0.05) is 42.8 Å². The van der Waals surface area contributed by atoms with E-state index in [2.05, 4.69) is 22.2 Å². The Labute approximate surface area is 157 Å². The molecule has 2 aromatic rings. The molecule has 0 unspecified atom stereocenters. The van der Waals surface area contributed by atoms with Gasteiger partial charge < -0.3 is 15.1 Å². The molecule has 26 heavy (non-hydrogen) atoms. The highest BCUT2D eigenvalue weighted by molar-refractivity contribution is 6.31. The number of anilines is 2. The number of nitrogens with one attached hydrogen (secondary N) is 1. The maximum atomic E-state index is 13.6. The van der Waals surface area contributed by atoms with Crippen molar-refractivity contribution < 1.29 is 9.18 Å². The minimum atomic E-state index is -0.363. The summed E-state index contributed by atoms with van der Waals surface area (Å²) < 4.78 is 13.6. The lowest BCUT2D eigenvalue weighted by molar-refractivity contribution is -0.111. The molecule has 0 aliphatic carbocycles. The number of benzene rings is 2. The van der Waals surface area contributed by atoms with E-state index >= 15 is 0 Å². The number of piperazine rings is 1. The van der Waals surface area contributed by atoms with Crippen molar-refractivity contribution in [2.75, 3.05) is 43.4 Å². The Morgan fingerprint density at radius 3 is 2.62 bits per heavy atom. The minimum Gasteiger partial charge on any atom is -0.367 e. The number of likely N-dealkylation sites (N-methyl/N-ethyl adjacent to an activating group) is 1. The molecule has 136 valence electrons. The first-order valence-electron chi connectivity index (χ1n) is 8.49. The Morgan fingerprint density at radius 1 is 1.15 bits per heavy atom. The van der Waals surface area contributed by atoms with Gasteiger partial charge in [0.2, 0.25) is 5.91 Å². The van der Waals surface area contributed by atoms with Crippen molar-refractivity contribution in [2.45, 2.75) is 0 Å². The number of halogens is 2. The summed E-state index contributed by atoms with van der Waals surface area (Å²) in [6.07, 6.45) is 2.79. The molecule has 0 saturated carbocycles. The fourth-order valence-corrected chi connectivity index (χ4v) is 3.05. The average molecular weight is 374 g/mol. The van der Waals surface area contributed by atoms with Crippen molar-refractivity contribution in [1.82, 2.24) is 4.90 Å². The van der Waals surface area contributed by atoms with Crippen molar-refractivity contribution in [1.29, 1.82) is 0 Å². The second-order valence-electron chi connectivity index (χ2n) is 6.30. The third kappa shape index (κ3) is 4.62. The fourth-order valence-electron chi connectivity index (χ4n) is 2.88. The van der Waals surface area contributed by atoms with Crippen molar-refractivity contribution in [3.05, 3.63) is 64.9 Å². The van der Waals surface area contributed by atoms with Crippen LogP contribution in [0.5, 0.6) is 0 Å². The summed E-state index contributed by atoms with van der Waals surface area (Å²) in [5.41, 5.74) is 1.97. The van der Waals surface area contributed by atoms with Gasteiger partial charge >= 0.3 is 0 Å². The predicted octanol–water partition coefficient (Wildman–Crippen LogP) is 3.88. The second-order valence-corrected chi connectivity index (χ2v) is 6.73. The largest absolute Gasteiger partial charge is 0.367 e. The van der Waals surface area contributed by atoms with Crippen LogP contribution in [-0.2, 0) is 4.79 Å². The van der Waals surface area contributed by atoms with E-state index in [1.807, 2.05) is 12.1 Å². The summed E-state index contributed by atoms with van der Waals surface area (Å²) in [6, 6.07) is 11.8. The molecule has 0 spiro atoms. The molecule has 0 aromatic heterocycles. The van der Waals surface area contributed by atoms with Gasteiger partial charge in [0.1, 0.15) is 5.82 Å². The number of nitrogens with zero attached hydrogens (tertiary/aromatic N) is 2. The molecule has 1 amide bonds. The molecule has 0 bridgehead atoms. The number of carbonyl (C=O) groups excluding carboxylic acids is 1. The topological polar surface area (TPSA) is 35.6 Å². The van der Waals surface area contributed by atoms with E-state index in [0.29, 0.717) is 16.3 Å². The van der Waals surface area contributed by atoms with Gasteiger partial charge in [0.25, 0.3) is 0 Å². The third-order valence-electron chi connectivity index (χ3n) is 4.38. The van der Waals surface area contributed by atoms with E-state index in [0.717, 1.165) is 31.9 Å². The zero-order valence-corrected chi connectivity index (χ0v) is 15.3. The zero-order chi connectivity index (χ0) is 18.5. The summed E-state index contributed by atoms with van der Waals surface area (Å²) in [5, 5.41) is 3.41. The number of hydrogen-bond acceptors (Lipinski definition) is 3. The third-order valence-corrected chi connectivity index (χ3v) is 4.62. The Balaban J connectivity index is 1.75. The van der Waals surface area contributed by atoms with E-state index in [1.54, 1.807) is 24.3 Å². The Morgan fingerprint density at radius 2 is 1.88 bits per heavy atom. The van der Waals surface area contributed by atoms with Crippen LogP contribution >= 0.6 is 11.6 Å². The SMILES string of the molecule is CN1CCN(c2ccc(Cl)cc2NC(=O)/C=C/c2ccccc2F)CC1. The zero-order valence-electron chi connectivity index (χ0n) is 14.6. The molecule has 1 aliphatic heterocycles. The molecule has 2 aromatic carbocycles. The van der Waals surface area contributed by atoms with E-state index in [4.69, 9.17) is 11.6 Å². The van der Waals surface area contributed by atoms with Gasteiger partial charge in [-0.15, -0.1) is 0 Å². The van der Waals surface area contributed by atoms with Gasteiger partial charge in [0.05, 0.1) is 11.4 Å². The standard InChI is InChI=1S/C20H21ClFN3O/c1-24-10-12-25(13-11-24)19-8-7-16(21)14-18(19)23-20(26)9-6-15-4-2-3-5-17(15)22/h2-9,14H,10-13H2,1H3,(H,23,26)/b9-6+. The predicted molar refractivity (Wildman–Crippen MR) is 105 cm³/mol. The van der Waals surface area contributed by atoms with Crippen LogP contribution in [0.2, 0.25) is 5.02 Å². The van der Waals surface area contributed by atoms with Gasteiger partial charge in [0.15, 0.2) is 0 Å². The highest BCUT2D eigenvalue weighted by atomic mass is 35.5. The molecule has 1 N–H and O–H groups in total. The highest BCUT2D eigenvalue weighted by Crippen LogP contribution is 2.30. The fraction of sp³-hybridized carbons (Fsp3) is 0.250. The van der Waals surface area contributed by atoms with Crippen LogP contribution in [0.3, 0.4) is 0 Å². The van der Waals surface area contributed by atoms with Crippen LogP contribution in [0.25, 0.3) is 6.08 Å². The van der Waals surface area contributed by atoms with Crippen molar-refractivity contribution in [3.8, 4) is 0 Å². The maximum absolute atomic E-state index is 13.6. The van der Waals surface area contributed by atoms with Gasteiger partial charge in [-0.25, -0.2) is 4.39 Å². The molecule has 3 rings (SSSR count). The van der Waals surface area contributed by atoms with Crippen molar-refractivity contribution in [2.24, 2.45) is 0 Å². The van der Waals surface area contributed by atoms with Crippen LogP contribution in [0.1, 0.15) is 5.56 Å². The highest BCUT2D eigenvalue weighted by Gasteiger charge is 2.18. The maximum Gasteiger partial charge on any atom is 0.248 e. The Hall–Kier alpha value is -2.37. The molecule has 1 saturated heterocycles. The van der Waals surface area contributed by atoms with Crippen LogP contribution < -0.4 is 10.2 Å². The molecular weight excluding hydrogens is 353 g/mol. The normalized spacial score (nSPS) is 15.4. The second kappa shape index (κ2) is 8.34. The number of hydrogen-bond donors (Lipinski definition) is 1. The lowest BCUT2D eigenvalue weighted by Crippen LogP contribution is -2.44. The lowest BCUT2D eigenvalue weighted by atomic mass is 10.2. The number of carbonyl (C=O) groups is 1. The van der Waals surface area contributed by atoms with E-state index in [-0.39, 0.29) is 11.7 Å². The van der Waals surface area contributed by atoms with Crippen LogP contribution in [0, 0.1) is 5.82 Å². The van der Waals surface area contributed by atoms with Crippen LogP contribution in [0.15, 0.2) is 48.5 Å². The smallest absolute Gasteiger partial charge is 0.248 e. The first-order chi connectivity index (χ1) is 12.5. The van der Waals surface area contributed by atoms with Gasteiger partial charge in [-0.05, 0) is 37.4 Å². The van der Waals surface area contributed by atoms with E-state index in [1.165, 1.54) is 18.2 Å². The number of rotatable bonds is 4. The van der Waals surface area contributed by atoms with Crippen LogP contribution in [-0.4, -0.2) is 44.0 Å². The van der Waals surface area contributed by atoms with E-state index in [9.17, 15) is 9.18 Å². The number of amides is 1. The molecule has 6 heteroatoms. The molecule has 1 aliphatic rings. The first-order valence-corrected chi connectivity index (χ1v) is 8.87. The summed E-state index contributed by atoms with van der Waals surface area (Å²) in [6.45, 7) is 3.69. The first kappa shape index (κ1) is 18.4. The molecule has 1 heterocycles. The summed E-state index contributed by atoms with van der Waals surface area (Å²) >= 11 is 6.11. The Kier molecular flexibility index (Phi) is 5.91. The summed E-state index contributed by atoms with van der Waals surface area (Å²) in [5.74, 6) is -0.691. The quantitative estimate of drug-likeness (QED) is 0.826. The summed E-state index contributed by atoms with van der Waals surface area (Å²) in [7, 11) is 2.09. The molecule has 0 radical (unpaired) electrons. The monoisotopic (exact) mass is 373 g/mol.